The van der Waals surface area contributed by atoms with E-state index in [1.807, 2.05) is 13.0 Å². The average Bonchev–Trinajstić information content (AvgIpc) is 1.60. The summed E-state index contributed by atoms with van der Waals surface area (Å²) in [5.41, 5.74) is 3.96. The summed E-state index contributed by atoms with van der Waals surface area (Å²) in [7, 11) is 5.91. The van der Waals surface area contributed by atoms with Gasteiger partial charge >= 0.3 is 12.1 Å². The van der Waals surface area contributed by atoms with Crippen LogP contribution in [-0.2, 0) is 73.3 Å². The van der Waals surface area contributed by atoms with Gasteiger partial charge in [-0.25, -0.2) is 9.59 Å². The Kier molecular flexibility index (Phi) is 27.6. The summed E-state index contributed by atoms with van der Waals surface area (Å²) in [4.78, 5) is 146. The minimum absolute atomic E-state index is 0.0359. The number of nitrogens with two attached hydrogens (primary N) is 1. The summed E-state index contributed by atoms with van der Waals surface area (Å²) in [6.07, 6.45) is 3.18. The number of unbranched alkanes of at least 4 members (excludes halogenated alkanes) is 2. The first kappa shape index (κ1) is 73.3. The fourth-order valence-electron chi connectivity index (χ4n) is 10.5. The summed E-state index contributed by atoms with van der Waals surface area (Å²) in [5, 5.41) is 24.4. The maximum Gasteiger partial charge on any atom is 0.409 e. The van der Waals surface area contributed by atoms with Gasteiger partial charge < -0.3 is 65.6 Å². The van der Waals surface area contributed by atoms with Crippen LogP contribution in [0.25, 0.3) is 0 Å². The second kappa shape index (κ2) is 33.6. The van der Waals surface area contributed by atoms with Crippen molar-refractivity contribution in [1.82, 2.24) is 36.4 Å². The number of hydrogen-bond donors (Lipinski definition) is 7. The number of imide groups is 1. The number of fused-ring (bicyclic) bond motifs is 5. The third-order valence-electron chi connectivity index (χ3n) is 16.2. The Morgan fingerprint density at radius 3 is 2.24 bits per heavy atom. The van der Waals surface area contributed by atoms with Crippen LogP contribution in [0.15, 0.2) is 35.9 Å². The SMILES string of the molecule is COc1cc2cc(c1Cl)N(C)C(=O)C[C@H](OC(=O)[C@H](C)N(C)C(=O)CCCCCSCNC(=O)[C@H](C)NC(=O)[C@@H](C)NC(=O)[C@H](C)NC(=O)CCCSC1CC(=O)N(CCCC(N)=O)C1=O)[C@]1(C)OC1[C@H](C)[C@@H]1C[C@@](O)(NC(=O)O1)[C@H](OC)/C=C/C=C(\C)C2. The highest BCUT2D eigenvalue weighted by atomic mass is 35.5. The molecule has 8 N–H and O–H groups in total. The van der Waals surface area contributed by atoms with Gasteiger partial charge in [0.1, 0.15) is 58.9 Å². The van der Waals surface area contributed by atoms with Gasteiger partial charge in [-0.1, -0.05) is 48.7 Å². The number of alkyl carbamates (subject to hydrolysis) is 1. The molecule has 89 heavy (non-hydrogen) atoms. The molecule has 10 amide bonds. The number of methoxy groups -OCH3 is 2. The number of amides is 10. The van der Waals surface area contributed by atoms with E-state index in [0.717, 1.165) is 16.0 Å². The van der Waals surface area contributed by atoms with Crippen LogP contribution in [0.3, 0.4) is 0 Å². The second-order valence-corrected chi connectivity index (χ2v) is 26.0. The fourth-order valence-corrected chi connectivity index (χ4v) is 12.7. The van der Waals surface area contributed by atoms with Gasteiger partial charge in [0.15, 0.2) is 5.72 Å². The predicted molar refractivity (Wildman–Crippen MR) is 333 cm³/mol. The van der Waals surface area contributed by atoms with Gasteiger partial charge in [0, 0.05) is 65.8 Å². The van der Waals surface area contributed by atoms with Crippen LogP contribution in [0, 0.1) is 5.92 Å². The molecular weight excluding hydrogens is 1220 g/mol. The number of halogens is 1. The Bertz CT molecular complexity index is 2850. The molecule has 4 aliphatic rings. The summed E-state index contributed by atoms with van der Waals surface area (Å²) in [6, 6.07) is -0.527. The number of allylic oxidation sites excluding steroid dienone is 3. The predicted octanol–water partition coefficient (Wildman–Crippen LogP) is 3.30. The van der Waals surface area contributed by atoms with Gasteiger partial charge in [0.25, 0.3) is 0 Å². The molecule has 0 radical (unpaired) electrons. The standard InChI is InChI=1S/C60H88ClN9O17S2/c1-33-18-15-19-44(84-11)60(82)31-42(85-58(81)67-60)34(2)52-59(7,87-52)45(30-49(74)69(9)40-27-39(26-33)28-41(83-10)51(40)61)86-57(80)38(6)68(8)48(73)22-13-12-14-24-88-32-63-53(76)35(3)65-55(78)37(5)66-54(77)36(4)64-47(72)21-17-25-89-43-29-50(75)70(56(43)79)23-16-20-46(62)71/h15,18-19,27-28,34-38,42-45,52,82H,12-14,16-17,20-26,29-32H2,1-11H3,(H2,62,71)(H,63,76)(H,64,72)(H,65,78)(H,66,77)(H,67,81)/b19-15+,33-18+/t34-,35+,36+,37-,38+,42+,43?,44-,45+,52?,59+,60+/m1/s1. The zero-order valence-electron chi connectivity index (χ0n) is 52.6. The van der Waals surface area contributed by atoms with E-state index in [1.54, 1.807) is 45.2 Å². The first-order chi connectivity index (χ1) is 41.9. The molecule has 0 aromatic heterocycles. The summed E-state index contributed by atoms with van der Waals surface area (Å²) >= 11 is 9.52. The number of likely N-dealkylation sites (N-methyl/N-ethyl adjacent to an activating group) is 1. The van der Waals surface area contributed by atoms with Crippen molar-refractivity contribution in [3.8, 4) is 5.75 Å². The number of aliphatic hydroxyl groups is 1. The number of nitrogens with zero attached hydrogens (tertiary/aromatic N) is 3. The van der Waals surface area contributed by atoms with Crippen molar-refractivity contribution in [3.05, 3.63) is 46.5 Å². The van der Waals surface area contributed by atoms with Crippen molar-refractivity contribution in [3.63, 3.8) is 0 Å². The Balaban J connectivity index is 1.04. The van der Waals surface area contributed by atoms with Crippen molar-refractivity contribution >= 4 is 106 Å². The highest BCUT2D eigenvalue weighted by Crippen LogP contribution is 2.49. The van der Waals surface area contributed by atoms with Crippen molar-refractivity contribution < 1.29 is 81.5 Å². The maximum atomic E-state index is 14.4. The topological polar surface area (TPSA) is 353 Å². The number of rotatable bonds is 28. The van der Waals surface area contributed by atoms with Crippen molar-refractivity contribution in [2.45, 2.75) is 191 Å². The highest BCUT2D eigenvalue weighted by molar-refractivity contribution is 8.00. The van der Waals surface area contributed by atoms with Gasteiger partial charge in [-0.15, -0.1) is 23.5 Å². The number of likely N-dealkylation sites (tertiary alicyclic amines) is 1. The molecular formula is C60H88ClN9O17S2. The monoisotopic (exact) mass is 1310 g/mol. The van der Waals surface area contributed by atoms with E-state index in [2.05, 4.69) is 26.6 Å². The van der Waals surface area contributed by atoms with Crippen LogP contribution < -0.4 is 42.0 Å². The Labute approximate surface area is 533 Å². The lowest BCUT2D eigenvalue weighted by atomic mass is 9.83. The van der Waals surface area contributed by atoms with E-state index in [0.29, 0.717) is 61.5 Å². The third kappa shape index (κ3) is 20.5. The first-order valence-electron chi connectivity index (χ1n) is 29.8. The molecule has 4 aliphatic heterocycles. The number of anilines is 1. The minimum Gasteiger partial charge on any atom is -0.495 e. The molecule has 2 unspecified atom stereocenters. The number of primary amides is 1. The molecule has 1 aromatic rings. The molecule has 3 fully saturated rings. The molecule has 12 atom stereocenters. The number of thioether (sulfide) groups is 2. The molecule has 0 saturated carbocycles. The lowest BCUT2D eigenvalue weighted by Gasteiger charge is -2.42. The molecule has 5 rings (SSSR count). The number of hydrogen-bond acceptors (Lipinski definition) is 19. The fraction of sp³-hybridized carbons (Fsp3) is 0.650. The van der Waals surface area contributed by atoms with E-state index in [4.69, 9.17) is 41.0 Å². The van der Waals surface area contributed by atoms with Gasteiger partial charge in [-0.2, -0.15) is 0 Å². The summed E-state index contributed by atoms with van der Waals surface area (Å²) in [5.74, 6) is -3.87. The molecule has 26 nitrogen and oxygen atoms in total. The van der Waals surface area contributed by atoms with Crippen LogP contribution in [-0.4, -0.2) is 198 Å². The van der Waals surface area contributed by atoms with E-state index in [9.17, 15) is 57.8 Å². The zero-order valence-corrected chi connectivity index (χ0v) is 55.0. The molecule has 3 saturated heterocycles. The van der Waals surface area contributed by atoms with E-state index in [1.165, 1.54) is 82.3 Å². The molecule has 0 aliphatic carbocycles. The van der Waals surface area contributed by atoms with Crippen LogP contribution >= 0.6 is 35.1 Å². The number of carbonyl (C=O) groups is 11. The lowest BCUT2D eigenvalue weighted by Crippen LogP contribution is -2.63. The van der Waals surface area contributed by atoms with Crippen molar-refractivity contribution in [2.24, 2.45) is 11.7 Å². The van der Waals surface area contributed by atoms with Crippen LogP contribution in [0.1, 0.15) is 125 Å². The summed E-state index contributed by atoms with van der Waals surface area (Å²) < 4.78 is 29.5. The number of benzene rings is 1. The van der Waals surface area contributed by atoms with E-state index >= 15 is 0 Å². The number of esters is 1. The summed E-state index contributed by atoms with van der Waals surface area (Å²) in [6.45, 7) is 11.4. The Morgan fingerprint density at radius 1 is 0.899 bits per heavy atom. The number of ether oxygens (including phenoxy) is 5. The van der Waals surface area contributed by atoms with Crippen LogP contribution in [0.2, 0.25) is 5.02 Å². The molecule has 0 spiro atoms. The average molecular weight is 1310 g/mol. The van der Waals surface area contributed by atoms with Gasteiger partial charge in [0.2, 0.25) is 53.2 Å². The van der Waals surface area contributed by atoms with E-state index < -0.39 is 119 Å². The minimum atomic E-state index is -1.88. The Morgan fingerprint density at radius 2 is 1.57 bits per heavy atom. The third-order valence-corrected chi connectivity index (χ3v) is 18.8. The molecule has 29 heteroatoms. The number of epoxide rings is 1. The normalized spacial score (nSPS) is 25.9. The molecule has 1 aromatic carbocycles. The first-order valence-corrected chi connectivity index (χ1v) is 32.4. The quantitative estimate of drug-likeness (QED) is 0.0208. The smallest absolute Gasteiger partial charge is 0.409 e. The van der Waals surface area contributed by atoms with E-state index in [-0.39, 0.29) is 73.7 Å². The number of nitrogens with one attached hydrogen (secondary N) is 5. The molecule has 4 heterocycles. The van der Waals surface area contributed by atoms with Gasteiger partial charge in [-0.05, 0) is 103 Å². The highest BCUT2D eigenvalue weighted by Gasteiger charge is 2.64. The van der Waals surface area contributed by atoms with Crippen molar-refractivity contribution in [2.75, 3.05) is 57.1 Å². The van der Waals surface area contributed by atoms with Crippen LogP contribution in [0.5, 0.6) is 5.75 Å². The second-order valence-electron chi connectivity index (χ2n) is 23.2. The molecule has 4 bridgehead atoms. The van der Waals surface area contributed by atoms with Crippen LogP contribution in [0.4, 0.5) is 10.5 Å². The van der Waals surface area contributed by atoms with Gasteiger partial charge in [0.05, 0.1) is 36.4 Å². The molecule has 494 valence electrons. The largest absolute Gasteiger partial charge is 0.495 e. The van der Waals surface area contributed by atoms with Crippen molar-refractivity contribution in [1.29, 1.82) is 0 Å². The Hall–Kier alpha value is -6.46. The lowest BCUT2D eigenvalue weighted by molar-refractivity contribution is -0.162. The number of carbonyl (C=O) groups excluding carboxylic acids is 11. The van der Waals surface area contributed by atoms with Gasteiger partial charge in [-0.3, -0.25) is 53.4 Å². The zero-order chi connectivity index (χ0) is 66.1. The maximum absolute atomic E-state index is 14.4.